The van der Waals surface area contributed by atoms with Gasteiger partial charge in [0.05, 0.1) is 10.0 Å². The predicted octanol–water partition coefficient (Wildman–Crippen LogP) is 5.17. The molecule has 0 unspecified atom stereocenters. The molecule has 0 aliphatic carbocycles. The zero-order chi connectivity index (χ0) is 16.1. The van der Waals surface area contributed by atoms with Gasteiger partial charge in [-0.05, 0) is 42.3 Å². The second-order valence-electron chi connectivity index (χ2n) is 5.31. The Labute approximate surface area is 140 Å². The highest BCUT2D eigenvalue weighted by molar-refractivity contribution is 6.42. The number of carbonyl (C=O) groups is 1. The van der Waals surface area contributed by atoms with Gasteiger partial charge >= 0.3 is 0 Å². The average molecular weight is 338 g/mol. The van der Waals surface area contributed by atoms with Gasteiger partial charge in [-0.25, -0.2) is 0 Å². The van der Waals surface area contributed by atoms with E-state index in [-0.39, 0.29) is 5.91 Å². The van der Waals surface area contributed by atoms with E-state index in [0.717, 1.165) is 0 Å². The zero-order valence-corrected chi connectivity index (χ0v) is 13.9. The smallest absolute Gasteiger partial charge is 0.251 e. The minimum Gasteiger partial charge on any atom is -0.457 e. The highest BCUT2D eigenvalue weighted by atomic mass is 35.5. The number of benzene rings is 2. The number of nitrogens with one attached hydrogen (secondary N) is 1. The first kappa shape index (κ1) is 16.7. The fourth-order valence-corrected chi connectivity index (χ4v) is 2.04. The summed E-state index contributed by atoms with van der Waals surface area (Å²) in [6.45, 7) is 4.75. The van der Waals surface area contributed by atoms with E-state index < -0.39 is 0 Å². The Kier molecular flexibility index (Phi) is 5.69. The molecule has 0 spiro atoms. The van der Waals surface area contributed by atoms with E-state index >= 15 is 0 Å². The second kappa shape index (κ2) is 7.52. The lowest BCUT2D eigenvalue weighted by atomic mass is 10.2. The van der Waals surface area contributed by atoms with E-state index in [0.29, 0.717) is 39.6 Å². The SMILES string of the molecule is CC(C)CNC(=O)c1ccc(Oc2ccc(Cl)c(Cl)c2)cc1. The van der Waals surface area contributed by atoms with Crippen LogP contribution >= 0.6 is 23.2 Å². The van der Waals surface area contributed by atoms with Crippen LogP contribution in [-0.4, -0.2) is 12.5 Å². The summed E-state index contributed by atoms with van der Waals surface area (Å²) in [7, 11) is 0. The Morgan fingerprint density at radius 2 is 1.68 bits per heavy atom. The molecule has 0 fully saturated rings. The molecule has 0 aliphatic rings. The first-order valence-corrected chi connectivity index (χ1v) is 7.72. The van der Waals surface area contributed by atoms with Crippen LogP contribution < -0.4 is 10.1 Å². The molecule has 0 atom stereocenters. The van der Waals surface area contributed by atoms with Gasteiger partial charge in [-0.3, -0.25) is 4.79 Å². The molecule has 1 amide bonds. The number of rotatable bonds is 5. The summed E-state index contributed by atoms with van der Waals surface area (Å²) < 4.78 is 5.67. The normalized spacial score (nSPS) is 10.6. The topological polar surface area (TPSA) is 38.3 Å². The maximum Gasteiger partial charge on any atom is 0.251 e. The summed E-state index contributed by atoms with van der Waals surface area (Å²) in [4.78, 5) is 11.9. The van der Waals surface area contributed by atoms with Crippen molar-refractivity contribution in [2.24, 2.45) is 5.92 Å². The second-order valence-corrected chi connectivity index (χ2v) is 6.12. The fraction of sp³-hybridized carbons (Fsp3) is 0.235. The Bertz CT molecular complexity index is 654. The number of halogens is 2. The van der Waals surface area contributed by atoms with Crippen LogP contribution in [0.25, 0.3) is 0 Å². The molecular weight excluding hydrogens is 321 g/mol. The molecule has 22 heavy (non-hydrogen) atoms. The van der Waals surface area contributed by atoms with Crippen molar-refractivity contribution in [3.05, 3.63) is 58.1 Å². The predicted molar refractivity (Wildman–Crippen MR) is 90.1 cm³/mol. The van der Waals surface area contributed by atoms with E-state index in [1.54, 1.807) is 42.5 Å². The highest BCUT2D eigenvalue weighted by Gasteiger charge is 2.07. The molecule has 1 N–H and O–H groups in total. The van der Waals surface area contributed by atoms with Crippen molar-refractivity contribution in [1.82, 2.24) is 5.32 Å². The molecule has 0 aromatic heterocycles. The minimum absolute atomic E-state index is 0.0882. The molecule has 0 aliphatic heterocycles. The summed E-state index contributed by atoms with van der Waals surface area (Å²) in [5, 5.41) is 3.78. The molecule has 3 nitrogen and oxygen atoms in total. The lowest BCUT2D eigenvalue weighted by molar-refractivity contribution is 0.0949. The summed E-state index contributed by atoms with van der Waals surface area (Å²) in [5.41, 5.74) is 0.599. The molecule has 116 valence electrons. The number of hydrogen-bond donors (Lipinski definition) is 1. The third kappa shape index (κ3) is 4.65. The van der Waals surface area contributed by atoms with E-state index in [9.17, 15) is 4.79 Å². The van der Waals surface area contributed by atoms with Crippen LogP contribution in [0, 0.1) is 5.92 Å². The van der Waals surface area contributed by atoms with Crippen LogP contribution in [-0.2, 0) is 0 Å². The molecule has 0 saturated heterocycles. The third-order valence-electron chi connectivity index (χ3n) is 2.91. The minimum atomic E-state index is -0.0882. The van der Waals surface area contributed by atoms with Gasteiger partial charge in [0.15, 0.2) is 0 Å². The quantitative estimate of drug-likeness (QED) is 0.817. The molecule has 0 radical (unpaired) electrons. The van der Waals surface area contributed by atoms with Crippen molar-refractivity contribution in [3.8, 4) is 11.5 Å². The van der Waals surface area contributed by atoms with Crippen molar-refractivity contribution in [2.45, 2.75) is 13.8 Å². The number of hydrogen-bond acceptors (Lipinski definition) is 2. The van der Waals surface area contributed by atoms with E-state index in [1.165, 1.54) is 0 Å². The van der Waals surface area contributed by atoms with Gasteiger partial charge in [0.2, 0.25) is 0 Å². The van der Waals surface area contributed by atoms with Gasteiger partial charge in [-0.15, -0.1) is 0 Å². The number of amides is 1. The highest BCUT2D eigenvalue weighted by Crippen LogP contribution is 2.29. The van der Waals surface area contributed by atoms with Gasteiger partial charge in [0, 0.05) is 18.2 Å². The Morgan fingerprint density at radius 1 is 1.05 bits per heavy atom. The van der Waals surface area contributed by atoms with Gasteiger partial charge < -0.3 is 10.1 Å². The van der Waals surface area contributed by atoms with Crippen molar-refractivity contribution in [2.75, 3.05) is 6.54 Å². The average Bonchev–Trinajstić information content (AvgIpc) is 2.49. The molecule has 2 aromatic carbocycles. The Morgan fingerprint density at radius 3 is 2.27 bits per heavy atom. The van der Waals surface area contributed by atoms with Crippen molar-refractivity contribution in [3.63, 3.8) is 0 Å². The largest absolute Gasteiger partial charge is 0.457 e. The zero-order valence-electron chi connectivity index (χ0n) is 12.4. The Hall–Kier alpha value is -1.71. The summed E-state index contributed by atoms with van der Waals surface area (Å²) in [6, 6.07) is 12.0. The van der Waals surface area contributed by atoms with Crippen molar-refractivity contribution >= 4 is 29.1 Å². The van der Waals surface area contributed by atoms with Gasteiger partial charge in [0.1, 0.15) is 11.5 Å². The van der Waals surface area contributed by atoms with E-state index in [4.69, 9.17) is 27.9 Å². The number of carbonyl (C=O) groups excluding carboxylic acids is 1. The van der Waals surface area contributed by atoms with E-state index in [2.05, 4.69) is 19.2 Å². The first-order chi connectivity index (χ1) is 10.5. The van der Waals surface area contributed by atoms with Crippen LogP contribution in [0.2, 0.25) is 10.0 Å². The van der Waals surface area contributed by atoms with Gasteiger partial charge in [-0.2, -0.15) is 0 Å². The van der Waals surface area contributed by atoms with Crippen LogP contribution in [0.15, 0.2) is 42.5 Å². The molecule has 2 rings (SSSR count). The summed E-state index contributed by atoms with van der Waals surface area (Å²) in [5.74, 6) is 1.54. The molecule has 5 heteroatoms. The fourth-order valence-electron chi connectivity index (χ4n) is 1.75. The van der Waals surface area contributed by atoms with E-state index in [1.807, 2.05) is 0 Å². The first-order valence-electron chi connectivity index (χ1n) is 6.97. The van der Waals surface area contributed by atoms with Crippen molar-refractivity contribution in [1.29, 1.82) is 0 Å². The molecule has 0 bridgehead atoms. The molecule has 0 saturated carbocycles. The van der Waals surface area contributed by atoms with Crippen LogP contribution in [0.1, 0.15) is 24.2 Å². The van der Waals surface area contributed by atoms with Gasteiger partial charge in [0.25, 0.3) is 5.91 Å². The Balaban J connectivity index is 2.02. The summed E-state index contributed by atoms with van der Waals surface area (Å²) >= 11 is 11.8. The summed E-state index contributed by atoms with van der Waals surface area (Å²) in [6.07, 6.45) is 0. The standard InChI is InChI=1S/C17H17Cl2NO2/c1-11(2)10-20-17(21)12-3-5-13(6-4-12)22-14-7-8-15(18)16(19)9-14/h3-9,11H,10H2,1-2H3,(H,20,21). The lowest BCUT2D eigenvalue weighted by Crippen LogP contribution is -2.27. The lowest BCUT2D eigenvalue weighted by Gasteiger charge is -2.09. The van der Waals surface area contributed by atoms with Crippen molar-refractivity contribution < 1.29 is 9.53 Å². The molecular formula is C17H17Cl2NO2. The third-order valence-corrected chi connectivity index (χ3v) is 3.65. The van der Waals surface area contributed by atoms with Crippen LogP contribution in [0.5, 0.6) is 11.5 Å². The molecule has 0 heterocycles. The van der Waals surface area contributed by atoms with Gasteiger partial charge in [-0.1, -0.05) is 37.0 Å². The maximum absolute atomic E-state index is 11.9. The molecule has 2 aromatic rings. The maximum atomic E-state index is 11.9. The number of ether oxygens (including phenoxy) is 1. The van der Waals surface area contributed by atoms with Crippen LogP contribution in [0.4, 0.5) is 0 Å². The van der Waals surface area contributed by atoms with Crippen LogP contribution in [0.3, 0.4) is 0 Å². The monoisotopic (exact) mass is 337 g/mol.